The van der Waals surface area contributed by atoms with E-state index in [9.17, 15) is 4.79 Å². The minimum atomic E-state index is -0.758. The van der Waals surface area contributed by atoms with E-state index in [1.807, 2.05) is 5.38 Å². The van der Waals surface area contributed by atoms with Crippen LogP contribution in [0.4, 0.5) is 0 Å². The van der Waals surface area contributed by atoms with Gasteiger partial charge in [-0.3, -0.25) is 10.1 Å². The van der Waals surface area contributed by atoms with Crippen molar-refractivity contribution >= 4 is 17.3 Å². The van der Waals surface area contributed by atoms with Gasteiger partial charge in [-0.2, -0.15) is 11.3 Å². The molecule has 4 heteroatoms. The summed E-state index contributed by atoms with van der Waals surface area (Å²) in [5.41, 5.74) is 2.43. The number of thiophene rings is 1. The third kappa shape index (κ3) is 1.23. The molecule has 3 nitrogen and oxygen atoms in total. The number of nitrogens with one attached hydrogen (secondary N) is 1. The molecule has 0 radical (unpaired) electrons. The molecule has 1 aromatic heterocycles. The zero-order valence-corrected chi connectivity index (χ0v) is 7.23. The summed E-state index contributed by atoms with van der Waals surface area (Å²) in [7, 11) is 0. The van der Waals surface area contributed by atoms with Crippen LogP contribution in [0.1, 0.15) is 11.1 Å². The van der Waals surface area contributed by atoms with Gasteiger partial charge in [-0.25, -0.2) is 0 Å². The maximum atomic E-state index is 10.6. The number of carboxylic acid groups (broad SMARTS) is 1. The molecule has 2 N–H and O–H groups in total. The van der Waals surface area contributed by atoms with E-state index < -0.39 is 12.0 Å². The quantitative estimate of drug-likeness (QED) is 0.678. The number of carbonyl (C=O) groups is 1. The predicted octanol–water partition coefficient (Wildman–Crippen LogP) is 0.847. The lowest BCUT2D eigenvalue weighted by molar-refractivity contribution is -0.139. The van der Waals surface area contributed by atoms with Crippen molar-refractivity contribution in [1.29, 1.82) is 0 Å². The molecule has 0 amide bonds. The Morgan fingerprint density at radius 3 is 3.08 bits per heavy atom. The highest BCUT2D eigenvalue weighted by Gasteiger charge is 2.23. The van der Waals surface area contributed by atoms with Gasteiger partial charge in [-0.1, -0.05) is 0 Å². The summed E-state index contributed by atoms with van der Waals surface area (Å²) in [4.78, 5) is 10.6. The second kappa shape index (κ2) is 2.88. The fraction of sp³-hybridized carbons (Fsp3) is 0.375. The van der Waals surface area contributed by atoms with Crippen molar-refractivity contribution in [3.8, 4) is 0 Å². The van der Waals surface area contributed by atoms with Gasteiger partial charge < -0.3 is 5.11 Å². The van der Waals surface area contributed by atoms with Crippen LogP contribution in [0.5, 0.6) is 0 Å². The van der Waals surface area contributed by atoms with E-state index in [-0.39, 0.29) is 0 Å². The van der Waals surface area contributed by atoms with Crippen LogP contribution in [0.2, 0.25) is 0 Å². The molecule has 1 aliphatic heterocycles. The van der Waals surface area contributed by atoms with Gasteiger partial charge in [-0.05, 0) is 28.3 Å². The smallest absolute Gasteiger partial charge is 0.321 e. The first kappa shape index (κ1) is 7.76. The third-order valence-corrected chi connectivity index (χ3v) is 2.94. The molecule has 64 valence electrons. The standard InChI is InChI=1S/C8H9NO2S/c10-8(11)7-1-5-3-12-4-6(5)2-9-7/h3-4,7,9H,1-2H2,(H,10,11)/t7-/m1/s1. The Morgan fingerprint density at radius 1 is 1.58 bits per heavy atom. The van der Waals surface area contributed by atoms with E-state index in [1.54, 1.807) is 11.3 Å². The number of aliphatic carboxylic acids is 1. The van der Waals surface area contributed by atoms with Gasteiger partial charge >= 0.3 is 5.97 Å². The summed E-state index contributed by atoms with van der Waals surface area (Å²) in [6.45, 7) is 0.690. The first-order valence-corrected chi connectivity index (χ1v) is 4.72. The maximum absolute atomic E-state index is 10.6. The SMILES string of the molecule is O=C(O)[C@H]1Cc2cscc2CN1. The summed E-state index contributed by atoms with van der Waals surface area (Å²) in [6, 6.07) is -0.396. The van der Waals surface area contributed by atoms with Gasteiger partial charge in [0.25, 0.3) is 0 Å². The fourth-order valence-electron chi connectivity index (χ4n) is 1.38. The molecule has 0 bridgehead atoms. The van der Waals surface area contributed by atoms with Crippen LogP contribution in [-0.4, -0.2) is 17.1 Å². The molecule has 0 fully saturated rings. The minimum Gasteiger partial charge on any atom is -0.480 e. The highest BCUT2D eigenvalue weighted by Crippen LogP contribution is 2.20. The van der Waals surface area contributed by atoms with Crippen molar-refractivity contribution in [2.75, 3.05) is 0 Å². The molecule has 2 heterocycles. The van der Waals surface area contributed by atoms with Gasteiger partial charge in [0.1, 0.15) is 6.04 Å². The normalized spacial score (nSPS) is 21.8. The number of rotatable bonds is 1. The molecule has 0 spiro atoms. The average Bonchev–Trinajstić information content (AvgIpc) is 2.49. The van der Waals surface area contributed by atoms with Crippen LogP contribution >= 0.6 is 11.3 Å². The fourth-order valence-corrected chi connectivity index (χ4v) is 2.26. The number of hydrogen-bond donors (Lipinski definition) is 2. The topological polar surface area (TPSA) is 49.3 Å². The summed E-state index contributed by atoms with van der Waals surface area (Å²) in [5, 5.41) is 15.8. The van der Waals surface area contributed by atoms with Gasteiger partial charge in [0.15, 0.2) is 0 Å². The lowest BCUT2D eigenvalue weighted by Crippen LogP contribution is -2.41. The second-order valence-electron chi connectivity index (χ2n) is 2.90. The van der Waals surface area contributed by atoms with Crippen molar-refractivity contribution in [2.24, 2.45) is 0 Å². The Labute approximate surface area is 74.0 Å². The number of fused-ring (bicyclic) bond motifs is 1. The van der Waals surface area contributed by atoms with Crippen molar-refractivity contribution in [3.63, 3.8) is 0 Å². The van der Waals surface area contributed by atoms with Crippen molar-refractivity contribution in [1.82, 2.24) is 5.32 Å². The van der Waals surface area contributed by atoms with Crippen molar-refractivity contribution in [2.45, 2.75) is 19.0 Å². The van der Waals surface area contributed by atoms with Gasteiger partial charge in [0.05, 0.1) is 0 Å². The third-order valence-electron chi connectivity index (χ3n) is 2.09. The lowest BCUT2D eigenvalue weighted by Gasteiger charge is -2.19. The Hall–Kier alpha value is -0.870. The van der Waals surface area contributed by atoms with E-state index in [2.05, 4.69) is 10.7 Å². The first-order chi connectivity index (χ1) is 5.77. The van der Waals surface area contributed by atoms with E-state index in [1.165, 1.54) is 11.1 Å². The molecule has 0 aliphatic carbocycles. The Bertz CT molecular complexity index is 308. The van der Waals surface area contributed by atoms with E-state index in [0.29, 0.717) is 13.0 Å². The molecule has 0 saturated carbocycles. The molecule has 2 rings (SSSR count). The molecule has 12 heavy (non-hydrogen) atoms. The first-order valence-electron chi connectivity index (χ1n) is 3.77. The van der Waals surface area contributed by atoms with Crippen LogP contribution in [0.15, 0.2) is 10.8 Å². The van der Waals surface area contributed by atoms with Gasteiger partial charge in [0, 0.05) is 6.54 Å². The molecule has 0 saturated heterocycles. The minimum absolute atomic E-state index is 0.396. The van der Waals surface area contributed by atoms with Crippen LogP contribution in [0, 0.1) is 0 Å². The van der Waals surface area contributed by atoms with E-state index in [0.717, 1.165) is 0 Å². The largest absolute Gasteiger partial charge is 0.480 e. The zero-order chi connectivity index (χ0) is 8.55. The molecule has 1 aliphatic rings. The van der Waals surface area contributed by atoms with Crippen LogP contribution in [0.25, 0.3) is 0 Å². The molecule has 1 aromatic rings. The van der Waals surface area contributed by atoms with Gasteiger partial charge in [0.2, 0.25) is 0 Å². The maximum Gasteiger partial charge on any atom is 0.321 e. The van der Waals surface area contributed by atoms with Crippen LogP contribution < -0.4 is 5.32 Å². The monoisotopic (exact) mass is 183 g/mol. The predicted molar refractivity (Wildman–Crippen MR) is 46.3 cm³/mol. The summed E-state index contributed by atoms with van der Waals surface area (Å²) in [5.74, 6) is -0.758. The van der Waals surface area contributed by atoms with Crippen molar-refractivity contribution < 1.29 is 9.90 Å². The summed E-state index contributed by atoms with van der Waals surface area (Å²) >= 11 is 1.64. The van der Waals surface area contributed by atoms with E-state index in [4.69, 9.17) is 5.11 Å². The summed E-state index contributed by atoms with van der Waals surface area (Å²) < 4.78 is 0. The molecule has 0 unspecified atom stereocenters. The van der Waals surface area contributed by atoms with Crippen molar-refractivity contribution in [3.05, 3.63) is 21.9 Å². The molecule has 1 atom stereocenters. The molecule has 0 aromatic carbocycles. The number of hydrogen-bond acceptors (Lipinski definition) is 3. The zero-order valence-electron chi connectivity index (χ0n) is 6.41. The highest BCUT2D eigenvalue weighted by atomic mass is 32.1. The second-order valence-corrected chi connectivity index (χ2v) is 3.64. The molecular formula is C8H9NO2S. The summed E-state index contributed by atoms with van der Waals surface area (Å²) in [6.07, 6.45) is 0.619. The Kier molecular flexibility index (Phi) is 1.86. The Balaban J connectivity index is 2.20. The molecular weight excluding hydrogens is 174 g/mol. The van der Waals surface area contributed by atoms with E-state index >= 15 is 0 Å². The lowest BCUT2D eigenvalue weighted by atomic mass is 10.0. The van der Waals surface area contributed by atoms with Crippen LogP contribution in [0.3, 0.4) is 0 Å². The van der Waals surface area contributed by atoms with Gasteiger partial charge in [-0.15, -0.1) is 0 Å². The number of carboxylic acids is 1. The van der Waals surface area contributed by atoms with Crippen LogP contribution in [-0.2, 0) is 17.8 Å². The highest BCUT2D eigenvalue weighted by molar-refractivity contribution is 7.08. The average molecular weight is 183 g/mol. The Morgan fingerprint density at radius 2 is 2.33 bits per heavy atom.